The highest BCUT2D eigenvalue weighted by Crippen LogP contribution is 2.25. The number of ether oxygens (including phenoxy) is 1. The minimum Gasteiger partial charge on any atom is -0.452 e. The number of benzene rings is 2. The second-order valence-corrected chi connectivity index (χ2v) is 7.65. The summed E-state index contributed by atoms with van der Waals surface area (Å²) in [5.74, 6) is -2.83. The van der Waals surface area contributed by atoms with Gasteiger partial charge in [0.25, 0.3) is 11.6 Å². The number of esters is 1. The van der Waals surface area contributed by atoms with Crippen LogP contribution >= 0.6 is 15.9 Å². The number of primary sulfonamides is 1. The first-order valence-electron chi connectivity index (χ1n) is 7.22. The van der Waals surface area contributed by atoms with E-state index in [0.717, 1.165) is 24.3 Å². The molecule has 0 unspecified atom stereocenters. The lowest BCUT2D eigenvalue weighted by Crippen LogP contribution is -2.22. The van der Waals surface area contributed by atoms with Crippen molar-refractivity contribution in [1.82, 2.24) is 0 Å². The van der Waals surface area contributed by atoms with Crippen LogP contribution in [0.1, 0.15) is 10.4 Å². The molecule has 2 rings (SSSR count). The highest BCUT2D eigenvalue weighted by molar-refractivity contribution is 9.10. The largest absolute Gasteiger partial charge is 0.452 e. The molecule has 0 aromatic heterocycles. The molecule has 28 heavy (non-hydrogen) atoms. The fourth-order valence-corrected chi connectivity index (χ4v) is 2.94. The number of hydrogen-bond acceptors (Lipinski definition) is 7. The maximum atomic E-state index is 13.1. The molecule has 3 N–H and O–H groups in total. The lowest BCUT2D eigenvalue weighted by molar-refractivity contribution is -0.384. The zero-order chi connectivity index (χ0) is 21.1. The number of amides is 1. The Kier molecular flexibility index (Phi) is 6.43. The molecular formula is C15H11BrFN3O7S. The Labute approximate surface area is 165 Å². The fraction of sp³-hybridized carbons (Fsp3) is 0.0667. The molecule has 0 saturated heterocycles. The molecule has 0 bridgehead atoms. The van der Waals surface area contributed by atoms with Crippen molar-refractivity contribution in [2.24, 2.45) is 5.14 Å². The van der Waals surface area contributed by atoms with Crippen LogP contribution in [-0.2, 0) is 19.6 Å². The first kappa shape index (κ1) is 21.4. The van der Waals surface area contributed by atoms with E-state index in [1.807, 2.05) is 0 Å². The van der Waals surface area contributed by atoms with Crippen molar-refractivity contribution < 1.29 is 32.1 Å². The molecule has 0 aliphatic rings. The number of carbonyl (C=O) groups excluding carboxylic acids is 2. The summed E-state index contributed by atoms with van der Waals surface area (Å²) in [4.78, 5) is 33.7. The summed E-state index contributed by atoms with van der Waals surface area (Å²) in [5.41, 5.74) is -1.17. The minimum atomic E-state index is -4.07. The van der Waals surface area contributed by atoms with Crippen LogP contribution in [0.3, 0.4) is 0 Å². The lowest BCUT2D eigenvalue weighted by Gasteiger charge is -2.09. The molecule has 1 amide bonds. The number of hydrogen-bond donors (Lipinski definition) is 2. The van der Waals surface area contributed by atoms with Crippen molar-refractivity contribution in [3.8, 4) is 0 Å². The van der Waals surface area contributed by atoms with Crippen molar-refractivity contribution >= 4 is 49.2 Å². The minimum absolute atomic E-state index is 0.194. The molecule has 0 heterocycles. The number of nitrogens with zero attached hydrogens (tertiary/aromatic N) is 1. The highest BCUT2D eigenvalue weighted by atomic mass is 79.9. The number of sulfonamides is 1. The van der Waals surface area contributed by atoms with Gasteiger partial charge in [0.2, 0.25) is 10.0 Å². The zero-order valence-corrected chi connectivity index (χ0v) is 16.1. The van der Waals surface area contributed by atoms with Crippen LogP contribution in [0.5, 0.6) is 0 Å². The van der Waals surface area contributed by atoms with Crippen molar-refractivity contribution in [2.75, 3.05) is 11.9 Å². The summed E-state index contributed by atoms with van der Waals surface area (Å²) in [6.07, 6.45) is 0. The zero-order valence-electron chi connectivity index (χ0n) is 13.7. The molecule has 148 valence electrons. The Morgan fingerprint density at radius 2 is 1.93 bits per heavy atom. The van der Waals surface area contributed by atoms with Crippen LogP contribution < -0.4 is 10.5 Å². The van der Waals surface area contributed by atoms with Gasteiger partial charge in [-0.05, 0) is 46.3 Å². The third kappa shape index (κ3) is 5.31. The Morgan fingerprint density at radius 1 is 1.25 bits per heavy atom. The lowest BCUT2D eigenvalue weighted by atomic mass is 10.2. The van der Waals surface area contributed by atoms with Crippen molar-refractivity contribution in [3.63, 3.8) is 0 Å². The first-order valence-corrected chi connectivity index (χ1v) is 9.56. The summed E-state index contributed by atoms with van der Waals surface area (Å²) in [5, 5.41) is 18.0. The van der Waals surface area contributed by atoms with Crippen LogP contribution in [0.25, 0.3) is 0 Å². The molecule has 13 heteroatoms. The predicted molar refractivity (Wildman–Crippen MR) is 97.5 cm³/mol. The summed E-state index contributed by atoms with van der Waals surface area (Å²) >= 11 is 3.04. The van der Waals surface area contributed by atoms with Crippen LogP contribution in [0, 0.1) is 15.9 Å². The van der Waals surface area contributed by atoms with Gasteiger partial charge in [-0.15, -0.1) is 0 Å². The van der Waals surface area contributed by atoms with Crippen molar-refractivity contribution in [3.05, 3.63) is 62.4 Å². The van der Waals surface area contributed by atoms with Gasteiger partial charge in [0, 0.05) is 4.47 Å². The number of nitro benzene ring substituents is 1. The SMILES string of the molecule is NS(=O)(=O)c1ccc(Br)c(C(=O)OCC(=O)Nc2ccc(F)cc2[N+](=O)[O-])c1. The van der Waals surface area contributed by atoms with Gasteiger partial charge in [0.1, 0.15) is 11.5 Å². The Balaban J connectivity index is 2.10. The molecule has 2 aromatic carbocycles. The summed E-state index contributed by atoms with van der Waals surface area (Å²) < 4.78 is 40.8. The van der Waals surface area contributed by atoms with E-state index in [9.17, 15) is 32.5 Å². The fourth-order valence-electron chi connectivity index (χ4n) is 1.99. The third-order valence-electron chi connectivity index (χ3n) is 3.25. The van der Waals surface area contributed by atoms with Gasteiger partial charge < -0.3 is 10.1 Å². The predicted octanol–water partition coefficient (Wildman–Crippen LogP) is 1.94. The van der Waals surface area contributed by atoms with Crippen LogP contribution in [-0.4, -0.2) is 31.8 Å². The number of halogens is 2. The second-order valence-electron chi connectivity index (χ2n) is 5.23. The van der Waals surface area contributed by atoms with Gasteiger partial charge >= 0.3 is 5.97 Å². The number of nitrogens with two attached hydrogens (primary N) is 1. The van der Waals surface area contributed by atoms with E-state index >= 15 is 0 Å². The average molecular weight is 476 g/mol. The number of rotatable bonds is 6. The molecule has 10 nitrogen and oxygen atoms in total. The number of nitro groups is 1. The Bertz CT molecular complexity index is 1080. The van der Waals surface area contributed by atoms with E-state index in [-0.39, 0.29) is 20.6 Å². The third-order valence-corrected chi connectivity index (χ3v) is 4.85. The molecule has 0 saturated carbocycles. The first-order chi connectivity index (χ1) is 13.0. The van der Waals surface area contributed by atoms with Crippen molar-refractivity contribution in [1.29, 1.82) is 0 Å². The van der Waals surface area contributed by atoms with Crippen LogP contribution in [0.2, 0.25) is 0 Å². The standard InChI is InChI=1S/C15H11BrFN3O7S/c16-11-3-2-9(28(18,25)26)6-10(11)15(22)27-7-14(21)19-12-4-1-8(17)5-13(12)20(23)24/h1-6H,7H2,(H,19,21)(H2,18,25,26). The Morgan fingerprint density at radius 3 is 2.54 bits per heavy atom. The molecule has 2 aromatic rings. The van der Waals surface area contributed by atoms with Gasteiger partial charge in [0.15, 0.2) is 6.61 Å². The molecular weight excluding hydrogens is 465 g/mol. The van der Waals surface area contributed by atoms with Gasteiger partial charge in [-0.25, -0.2) is 22.7 Å². The van der Waals surface area contributed by atoms with E-state index in [1.54, 1.807) is 0 Å². The van der Waals surface area contributed by atoms with Gasteiger partial charge in [-0.3, -0.25) is 14.9 Å². The quantitative estimate of drug-likeness (QED) is 0.366. The Hall–Kier alpha value is -2.90. The molecule has 0 fully saturated rings. The molecule has 0 atom stereocenters. The van der Waals surface area contributed by atoms with Gasteiger partial charge in [-0.2, -0.15) is 0 Å². The van der Waals surface area contributed by atoms with E-state index in [4.69, 9.17) is 9.88 Å². The normalized spacial score (nSPS) is 11.0. The highest BCUT2D eigenvalue weighted by Gasteiger charge is 2.20. The van der Waals surface area contributed by atoms with Gasteiger partial charge in [-0.1, -0.05) is 0 Å². The maximum Gasteiger partial charge on any atom is 0.339 e. The topological polar surface area (TPSA) is 159 Å². The van der Waals surface area contributed by atoms with Crippen molar-refractivity contribution in [2.45, 2.75) is 4.90 Å². The monoisotopic (exact) mass is 475 g/mol. The summed E-state index contributed by atoms with van der Waals surface area (Å²) in [7, 11) is -4.07. The molecule has 0 aliphatic carbocycles. The average Bonchev–Trinajstić information content (AvgIpc) is 2.60. The van der Waals surface area contributed by atoms with E-state index in [0.29, 0.717) is 6.07 Å². The maximum absolute atomic E-state index is 13.1. The number of nitrogens with one attached hydrogen (secondary N) is 1. The summed E-state index contributed by atoms with van der Waals surface area (Å²) in [6.45, 7) is -0.834. The summed E-state index contributed by atoms with van der Waals surface area (Å²) in [6, 6.07) is 5.90. The molecule has 0 spiro atoms. The number of carbonyl (C=O) groups is 2. The molecule has 0 radical (unpaired) electrons. The molecule has 0 aliphatic heterocycles. The smallest absolute Gasteiger partial charge is 0.339 e. The second kappa shape index (κ2) is 8.41. The van der Waals surface area contributed by atoms with E-state index < -0.39 is 44.9 Å². The number of anilines is 1. The van der Waals surface area contributed by atoms with Crippen LogP contribution in [0.15, 0.2) is 45.8 Å². The van der Waals surface area contributed by atoms with E-state index in [1.165, 1.54) is 6.07 Å². The van der Waals surface area contributed by atoms with Crippen LogP contribution in [0.4, 0.5) is 15.8 Å². The van der Waals surface area contributed by atoms with E-state index in [2.05, 4.69) is 21.2 Å². The van der Waals surface area contributed by atoms with Gasteiger partial charge in [0.05, 0.1) is 21.4 Å².